The number of alkyl halides is 1. The molecule has 43 heavy (non-hydrogen) atoms. The van der Waals surface area contributed by atoms with Crippen LogP contribution in [-0.4, -0.2) is 125 Å². The molecule has 2 bridgehead atoms. The zero-order chi connectivity index (χ0) is 32.4. The van der Waals surface area contributed by atoms with Crippen molar-refractivity contribution in [2.45, 2.75) is 147 Å². The molecule has 11 nitrogen and oxygen atoms in total. The van der Waals surface area contributed by atoms with Gasteiger partial charge in [-0.05, 0) is 80.4 Å². The van der Waals surface area contributed by atoms with E-state index in [0.717, 1.165) is 0 Å². The van der Waals surface area contributed by atoms with Gasteiger partial charge in [-0.25, -0.2) is 0 Å². The molecule has 3 fully saturated rings. The number of ether oxygens (including phenoxy) is 5. The standard InChI is InChI=1S/C31H57ClN2O9/c1-11-22-31(8,38)26(36)20(6)33-15-16(2)13-30(7)27(42-29-24(35)21(34(9)10)12-17(3)39-29)18(4)25(19(5)28(37)40-22)41-23(14-32)43-30/h16-27,29,33,35-36,38H,11-15H2,1-10H3/t16-,17-,18+,19-,20-,21+,22-,23?,24-,25+,26-,27-,29?,30?,31-/m1/s1. The lowest BCUT2D eigenvalue weighted by Crippen LogP contribution is -2.59. The molecule has 0 aromatic heterocycles. The van der Waals surface area contributed by atoms with Gasteiger partial charge >= 0.3 is 5.97 Å². The second-order valence-electron chi connectivity index (χ2n) is 13.9. The van der Waals surface area contributed by atoms with Crippen molar-refractivity contribution in [2.75, 3.05) is 26.5 Å². The van der Waals surface area contributed by atoms with Crippen molar-refractivity contribution in [3.63, 3.8) is 0 Å². The summed E-state index contributed by atoms with van der Waals surface area (Å²) < 4.78 is 31.8. The van der Waals surface area contributed by atoms with Crippen LogP contribution in [0, 0.1) is 17.8 Å². The van der Waals surface area contributed by atoms with Gasteiger partial charge in [0.15, 0.2) is 12.6 Å². The number of rotatable bonds is 5. The number of cyclic esters (lactones) is 1. The molecule has 0 aromatic carbocycles. The molecule has 0 amide bonds. The number of aliphatic hydroxyl groups is 3. The monoisotopic (exact) mass is 636 g/mol. The molecule has 0 radical (unpaired) electrons. The Morgan fingerprint density at radius 3 is 2.35 bits per heavy atom. The zero-order valence-electron chi connectivity index (χ0n) is 27.7. The first-order valence-corrected chi connectivity index (χ1v) is 16.4. The Balaban J connectivity index is 2.08. The van der Waals surface area contributed by atoms with Crippen LogP contribution in [0.3, 0.4) is 0 Å². The maximum Gasteiger partial charge on any atom is 0.311 e. The highest BCUT2D eigenvalue weighted by molar-refractivity contribution is 6.18. The van der Waals surface area contributed by atoms with Crippen LogP contribution >= 0.6 is 11.6 Å². The quantitative estimate of drug-likeness (QED) is 0.261. The molecule has 3 heterocycles. The summed E-state index contributed by atoms with van der Waals surface area (Å²) in [7, 11) is 3.85. The summed E-state index contributed by atoms with van der Waals surface area (Å²) in [6.07, 6.45) is -4.97. The van der Waals surface area contributed by atoms with Gasteiger partial charge in [-0.3, -0.25) is 4.79 Å². The van der Waals surface area contributed by atoms with Crippen molar-refractivity contribution in [1.29, 1.82) is 0 Å². The maximum atomic E-state index is 13.7. The fraction of sp³-hybridized carbons (Fsp3) is 0.968. The Labute approximate surface area is 262 Å². The fourth-order valence-electron chi connectivity index (χ4n) is 7.25. The van der Waals surface area contributed by atoms with Crippen LogP contribution in [-0.2, 0) is 28.5 Å². The van der Waals surface area contributed by atoms with Gasteiger partial charge in [-0.1, -0.05) is 20.8 Å². The minimum Gasteiger partial charge on any atom is -0.459 e. The third-order valence-corrected chi connectivity index (χ3v) is 10.0. The number of likely N-dealkylation sites (N-methyl/N-ethyl adjacent to an activating group) is 1. The Kier molecular flexibility index (Phi) is 12.8. The predicted molar refractivity (Wildman–Crippen MR) is 163 cm³/mol. The number of nitrogens with zero attached hydrogens (tertiary/aromatic N) is 1. The molecule has 3 unspecified atom stereocenters. The molecular weight excluding hydrogens is 580 g/mol. The first kappa shape index (κ1) is 36.9. The number of fused-ring (bicyclic) bond motifs is 3. The van der Waals surface area contributed by atoms with Crippen molar-refractivity contribution in [2.24, 2.45) is 17.8 Å². The summed E-state index contributed by atoms with van der Waals surface area (Å²) in [5.74, 6) is -1.77. The van der Waals surface area contributed by atoms with E-state index in [1.54, 1.807) is 20.8 Å². The van der Waals surface area contributed by atoms with Crippen LogP contribution in [0.4, 0.5) is 0 Å². The number of halogens is 1. The zero-order valence-corrected chi connectivity index (χ0v) is 28.4. The smallest absolute Gasteiger partial charge is 0.311 e. The van der Waals surface area contributed by atoms with E-state index >= 15 is 0 Å². The summed E-state index contributed by atoms with van der Waals surface area (Å²) in [6.45, 7) is 15.2. The van der Waals surface area contributed by atoms with Crippen molar-refractivity contribution in [3.05, 3.63) is 0 Å². The molecule has 0 aliphatic carbocycles. The molecular formula is C31H57ClN2O9. The number of carbonyl (C=O) groups is 1. The SMILES string of the molecule is CC[C@H]1OC(=O)[C@H](C)[C@H]2OC(CCl)OC(C)(C[C@@H](C)CN[C@H](C)[C@@H](O)[C@]1(C)O)[C@H](OC1O[C@H](C)C[C@H](N(C)C)[C@H]1O)[C@H]2C. The Morgan fingerprint density at radius 2 is 1.77 bits per heavy atom. The van der Waals surface area contributed by atoms with Crippen LogP contribution in [0.15, 0.2) is 0 Å². The number of aliphatic hydroxyl groups excluding tert-OH is 2. The molecule has 12 heteroatoms. The van der Waals surface area contributed by atoms with Gasteiger partial charge in [-0.2, -0.15) is 0 Å². The number of hydrogen-bond acceptors (Lipinski definition) is 11. The normalized spacial score (nSPS) is 49.2. The minimum absolute atomic E-state index is 0.0171. The average Bonchev–Trinajstić information content (AvgIpc) is 3.04. The van der Waals surface area contributed by atoms with Gasteiger partial charge in [0.25, 0.3) is 0 Å². The molecule has 0 spiro atoms. The first-order valence-electron chi connectivity index (χ1n) is 15.9. The summed E-state index contributed by atoms with van der Waals surface area (Å²) in [5, 5.41) is 37.2. The fourth-order valence-corrected chi connectivity index (χ4v) is 7.39. The molecule has 3 aliphatic rings. The Morgan fingerprint density at radius 1 is 1.12 bits per heavy atom. The van der Waals surface area contributed by atoms with Crippen molar-refractivity contribution in [1.82, 2.24) is 10.2 Å². The highest BCUT2D eigenvalue weighted by Gasteiger charge is 2.54. The number of esters is 1. The lowest BCUT2D eigenvalue weighted by atomic mass is 9.78. The van der Waals surface area contributed by atoms with Gasteiger partial charge in [0.05, 0.1) is 35.7 Å². The second kappa shape index (κ2) is 14.9. The van der Waals surface area contributed by atoms with E-state index in [9.17, 15) is 20.1 Å². The molecule has 15 atom stereocenters. The highest BCUT2D eigenvalue weighted by atomic mass is 35.5. The summed E-state index contributed by atoms with van der Waals surface area (Å²) >= 11 is 6.37. The van der Waals surface area contributed by atoms with Crippen LogP contribution < -0.4 is 5.32 Å². The van der Waals surface area contributed by atoms with Crippen molar-refractivity contribution >= 4 is 17.6 Å². The Bertz CT molecular complexity index is 912. The van der Waals surface area contributed by atoms with E-state index in [2.05, 4.69) is 12.2 Å². The topological polar surface area (TPSA) is 139 Å². The van der Waals surface area contributed by atoms with Crippen molar-refractivity contribution in [3.8, 4) is 0 Å². The van der Waals surface area contributed by atoms with Crippen LogP contribution in [0.2, 0.25) is 0 Å². The number of hydrogen-bond donors (Lipinski definition) is 4. The van der Waals surface area contributed by atoms with E-state index in [4.69, 9.17) is 35.3 Å². The van der Waals surface area contributed by atoms with Gasteiger partial charge in [0.1, 0.15) is 23.9 Å². The molecule has 4 N–H and O–H groups in total. The summed E-state index contributed by atoms with van der Waals surface area (Å²) in [5.41, 5.74) is -2.66. The maximum absolute atomic E-state index is 13.7. The summed E-state index contributed by atoms with van der Waals surface area (Å²) in [4.78, 5) is 15.7. The van der Waals surface area contributed by atoms with E-state index in [0.29, 0.717) is 25.8 Å². The second-order valence-corrected chi connectivity index (χ2v) is 14.2. The lowest BCUT2D eigenvalue weighted by molar-refractivity contribution is -0.301. The average molecular weight is 637 g/mol. The Hall–Kier alpha value is -0.600. The molecule has 0 aromatic rings. The lowest BCUT2D eigenvalue weighted by Gasteiger charge is -2.47. The number of carbonyl (C=O) groups excluding carboxylic acids is 1. The van der Waals surface area contributed by atoms with Gasteiger partial charge in [0.2, 0.25) is 0 Å². The van der Waals surface area contributed by atoms with Crippen LogP contribution in [0.25, 0.3) is 0 Å². The van der Waals surface area contributed by atoms with E-state index in [1.807, 2.05) is 39.8 Å². The van der Waals surface area contributed by atoms with Crippen molar-refractivity contribution < 1.29 is 43.8 Å². The molecule has 0 saturated carbocycles. The van der Waals surface area contributed by atoms with Crippen LogP contribution in [0.1, 0.15) is 74.7 Å². The molecule has 3 rings (SSSR count). The number of nitrogens with one attached hydrogen (secondary N) is 1. The molecule has 3 aliphatic heterocycles. The van der Waals surface area contributed by atoms with E-state index in [1.165, 1.54) is 6.92 Å². The van der Waals surface area contributed by atoms with Gasteiger partial charge in [0, 0.05) is 18.0 Å². The molecule has 252 valence electrons. The van der Waals surface area contributed by atoms with Crippen LogP contribution in [0.5, 0.6) is 0 Å². The predicted octanol–water partition coefficient (Wildman–Crippen LogP) is 2.26. The largest absolute Gasteiger partial charge is 0.459 e. The third-order valence-electron chi connectivity index (χ3n) is 9.75. The van der Waals surface area contributed by atoms with E-state index in [-0.39, 0.29) is 23.9 Å². The van der Waals surface area contributed by atoms with Gasteiger partial charge in [-0.15, -0.1) is 11.6 Å². The van der Waals surface area contributed by atoms with Gasteiger partial charge < -0.3 is 49.2 Å². The van der Waals surface area contributed by atoms with E-state index < -0.39 is 78.1 Å². The highest BCUT2D eigenvalue weighted by Crippen LogP contribution is 2.42. The minimum atomic E-state index is -1.70. The third kappa shape index (κ3) is 8.22. The summed E-state index contributed by atoms with van der Waals surface area (Å²) in [6, 6.07) is -0.671. The molecule has 3 saturated heterocycles. The first-order chi connectivity index (χ1) is 20.0.